The molecule has 0 aliphatic rings. The summed E-state index contributed by atoms with van der Waals surface area (Å²) in [6.45, 7) is -0.0590. The maximum atomic E-state index is 13.2. The minimum atomic E-state index is -4.69. The van der Waals surface area contributed by atoms with Crippen molar-refractivity contribution >= 4 is 17.6 Å². The van der Waals surface area contributed by atoms with E-state index >= 15 is 0 Å². The SMILES string of the molecule is O=C(NC(=O)c1c[n+](Cc2ccc(-c3cncnc3C(F)(F)F)cn2)no1)Nc1cncc(C(F)(F)F)c1. The van der Waals surface area contributed by atoms with E-state index in [1.54, 1.807) is 0 Å². The van der Waals surface area contributed by atoms with Crippen LogP contribution in [0.15, 0.2) is 60.0 Å². The average Bonchev–Trinajstić information content (AvgIpc) is 3.32. The molecule has 0 fully saturated rings. The Morgan fingerprint density at radius 3 is 2.42 bits per heavy atom. The van der Waals surface area contributed by atoms with Crippen LogP contribution in [0, 0.1) is 0 Å². The Morgan fingerprint density at radius 1 is 0.947 bits per heavy atom. The Balaban J connectivity index is 1.38. The molecule has 2 N–H and O–H groups in total. The number of rotatable bonds is 5. The maximum Gasteiger partial charge on any atom is 0.434 e. The summed E-state index contributed by atoms with van der Waals surface area (Å²) in [5.41, 5.74) is -2.33. The summed E-state index contributed by atoms with van der Waals surface area (Å²) in [4.78, 5) is 38.6. The Labute approximate surface area is 207 Å². The molecular weight excluding hydrogens is 526 g/mol. The summed E-state index contributed by atoms with van der Waals surface area (Å²) in [6.07, 6.45) is -3.75. The van der Waals surface area contributed by atoms with Gasteiger partial charge in [-0.15, -0.1) is 0 Å². The molecule has 0 aromatic carbocycles. The van der Waals surface area contributed by atoms with Crippen LogP contribution in [0.2, 0.25) is 0 Å². The van der Waals surface area contributed by atoms with Crippen molar-refractivity contribution in [1.29, 1.82) is 0 Å². The molecule has 0 radical (unpaired) electrons. The van der Waals surface area contributed by atoms with Crippen LogP contribution < -0.4 is 15.3 Å². The van der Waals surface area contributed by atoms with E-state index in [0.717, 1.165) is 29.6 Å². The van der Waals surface area contributed by atoms with E-state index < -0.39 is 41.3 Å². The van der Waals surface area contributed by atoms with Crippen LogP contribution in [-0.2, 0) is 18.9 Å². The van der Waals surface area contributed by atoms with Gasteiger partial charge in [0.15, 0.2) is 11.0 Å². The highest BCUT2D eigenvalue weighted by Crippen LogP contribution is 2.34. The van der Waals surface area contributed by atoms with Crippen molar-refractivity contribution < 1.29 is 45.1 Å². The summed E-state index contributed by atoms with van der Waals surface area (Å²) in [5.74, 6) is -1.48. The van der Waals surface area contributed by atoms with Crippen molar-refractivity contribution in [2.45, 2.75) is 18.9 Å². The van der Waals surface area contributed by atoms with Gasteiger partial charge in [-0.25, -0.2) is 14.8 Å². The van der Waals surface area contributed by atoms with E-state index in [1.165, 1.54) is 18.3 Å². The standard InChI is InChI=1S/C21H12F6N8O3/c22-20(23,24)12-3-14(6-28-5-12)32-19(37)33-18(36)16-9-35(34-38-16)8-13-2-1-11(4-30-13)15-7-29-10-31-17(15)21(25,26)27/h1-7,9-10H,8H2,(H-,32,33,36,37)/p+1. The Bertz CT molecular complexity index is 1470. The second-order valence-electron chi connectivity index (χ2n) is 7.45. The number of carbonyl (C=O) groups is 2. The maximum absolute atomic E-state index is 13.2. The van der Waals surface area contributed by atoms with E-state index in [2.05, 4.69) is 25.2 Å². The van der Waals surface area contributed by atoms with Crippen LogP contribution in [0.5, 0.6) is 0 Å². The van der Waals surface area contributed by atoms with E-state index in [4.69, 9.17) is 4.52 Å². The zero-order valence-electron chi connectivity index (χ0n) is 18.6. The molecule has 0 spiro atoms. The van der Waals surface area contributed by atoms with Gasteiger partial charge in [0.25, 0.3) is 12.0 Å². The number of nitrogens with one attached hydrogen (secondary N) is 2. The van der Waals surface area contributed by atoms with Gasteiger partial charge < -0.3 is 5.32 Å². The molecule has 4 aromatic rings. The summed E-state index contributed by atoms with van der Waals surface area (Å²) in [6, 6.07) is 2.27. The lowest BCUT2D eigenvalue weighted by molar-refractivity contribution is -0.755. The molecule has 0 atom stereocenters. The van der Waals surface area contributed by atoms with Gasteiger partial charge in [0.2, 0.25) is 6.54 Å². The molecule has 4 aromatic heterocycles. The Hall–Kier alpha value is -4.96. The number of anilines is 1. The van der Waals surface area contributed by atoms with Crippen LogP contribution in [0.1, 0.15) is 27.5 Å². The highest BCUT2D eigenvalue weighted by molar-refractivity contribution is 6.06. The summed E-state index contributed by atoms with van der Waals surface area (Å²) in [7, 11) is 0. The lowest BCUT2D eigenvalue weighted by Gasteiger charge is -2.10. The van der Waals surface area contributed by atoms with Crippen LogP contribution >= 0.6 is 0 Å². The van der Waals surface area contributed by atoms with E-state index in [1.807, 2.05) is 10.6 Å². The topological polar surface area (TPSA) is 140 Å². The molecule has 17 heteroatoms. The fourth-order valence-corrected chi connectivity index (χ4v) is 3.05. The highest BCUT2D eigenvalue weighted by Gasteiger charge is 2.36. The molecule has 4 rings (SSSR count). The summed E-state index contributed by atoms with van der Waals surface area (Å²) < 4.78 is 83.8. The zero-order chi connectivity index (χ0) is 27.5. The second kappa shape index (κ2) is 10.2. The normalized spacial score (nSPS) is 11.7. The smallest absolute Gasteiger partial charge is 0.306 e. The van der Waals surface area contributed by atoms with Crippen LogP contribution in [0.4, 0.5) is 36.8 Å². The highest BCUT2D eigenvalue weighted by atomic mass is 19.4. The summed E-state index contributed by atoms with van der Waals surface area (Å²) >= 11 is 0. The molecule has 0 aliphatic heterocycles. The molecule has 0 unspecified atom stereocenters. The molecule has 38 heavy (non-hydrogen) atoms. The number of halogens is 6. The number of hydrogen-bond acceptors (Lipinski definition) is 8. The van der Waals surface area contributed by atoms with Crippen LogP contribution in [0.25, 0.3) is 11.1 Å². The molecule has 0 saturated carbocycles. The molecular formula is C21H13F6N8O3+. The Kier molecular flexibility index (Phi) is 7.00. The molecule has 196 valence electrons. The first-order valence-corrected chi connectivity index (χ1v) is 10.2. The number of pyridine rings is 2. The number of hydrogen-bond donors (Lipinski definition) is 2. The predicted octanol–water partition coefficient (Wildman–Crippen LogP) is 3.26. The lowest BCUT2D eigenvalue weighted by Crippen LogP contribution is -2.37. The van der Waals surface area contributed by atoms with Gasteiger partial charge in [0.1, 0.15) is 12.0 Å². The largest absolute Gasteiger partial charge is 0.434 e. The van der Waals surface area contributed by atoms with Gasteiger partial charge in [-0.2, -0.15) is 26.3 Å². The van der Waals surface area contributed by atoms with Gasteiger partial charge in [-0.05, 0) is 16.8 Å². The zero-order valence-corrected chi connectivity index (χ0v) is 18.6. The minimum Gasteiger partial charge on any atom is -0.306 e. The van der Waals surface area contributed by atoms with Gasteiger partial charge in [-0.3, -0.25) is 24.6 Å². The van der Waals surface area contributed by atoms with Crippen molar-refractivity contribution in [2.24, 2.45) is 0 Å². The second-order valence-corrected chi connectivity index (χ2v) is 7.45. The third kappa shape index (κ3) is 6.23. The van der Waals surface area contributed by atoms with Crippen molar-refractivity contribution in [2.75, 3.05) is 5.32 Å². The predicted molar refractivity (Wildman–Crippen MR) is 112 cm³/mol. The first-order chi connectivity index (χ1) is 17.9. The number of aromatic nitrogens is 6. The molecule has 3 amide bonds. The van der Waals surface area contributed by atoms with Crippen molar-refractivity contribution in [3.05, 3.63) is 78.2 Å². The van der Waals surface area contributed by atoms with Gasteiger partial charge in [0.05, 0.1) is 17.4 Å². The van der Waals surface area contributed by atoms with E-state index in [9.17, 15) is 35.9 Å². The van der Waals surface area contributed by atoms with E-state index in [0.29, 0.717) is 18.0 Å². The lowest BCUT2D eigenvalue weighted by atomic mass is 10.1. The van der Waals surface area contributed by atoms with Crippen LogP contribution in [0.3, 0.4) is 0 Å². The van der Waals surface area contributed by atoms with Gasteiger partial charge in [-0.1, -0.05) is 6.07 Å². The minimum absolute atomic E-state index is 0.0590. The van der Waals surface area contributed by atoms with Crippen LogP contribution in [-0.4, -0.2) is 37.1 Å². The number of carbonyl (C=O) groups excluding carboxylic acids is 2. The first kappa shape index (κ1) is 26.1. The molecule has 0 saturated heterocycles. The third-order valence-electron chi connectivity index (χ3n) is 4.73. The monoisotopic (exact) mass is 539 g/mol. The van der Waals surface area contributed by atoms with Crippen molar-refractivity contribution in [3.8, 4) is 11.1 Å². The fraction of sp³-hybridized carbons (Fsp3) is 0.143. The molecule has 11 nitrogen and oxygen atoms in total. The number of nitrogens with zero attached hydrogens (tertiary/aromatic N) is 6. The average molecular weight is 539 g/mol. The first-order valence-electron chi connectivity index (χ1n) is 10.2. The Morgan fingerprint density at radius 2 is 1.74 bits per heavy atom. The van der Waals surface area contributed by atoms with Crippen molar-refractivity contribution in [1.82, 2.24) is 30.5 Å². The van der Waals surface area contributed by atoms with E-state index in [-0.39, 0.29) is 23.4 Å². The molecule has 4 heterocycles. The quantitative estimate of drug-likeness (QED) is 0.291. The number of imide groups is 1. The van der Waals surface area contributed by atoms with Gasteiger partial charge in [0, 0.05) is 29.7 Å². The number of amides is 3. The third-order valence-corrected chi connectivity index (χ3v) is 4.73. The fourth-order valence-electron chi connectivity index (χ4n) is 3.05. The molecule has 0 aliphatic carbocycles. The summed E-state index contributed by atoms with van der Waals surface area (Å²) in [5, 5.41) is 7.50. The number of urea groups is 1. The van der Waals surface area contributed by atoms with Crippen molar-refractivity contribution in [3.63, 3.8) is 0 Å². The number of alkyl halides is 6. The van der Waals surface area contributed by atoms with Gasteiger partial charge >= 0.3 is 24.3 Å². The molecule has 0 bridgehead atoms.